The number of hydrogen-bond acceptors (Lipinski definition) is 6. The number of carbonyl (C=O) groups is 1. The Balaban J connectivity index is 1.35. The molecule has 1 unspecified atom stereocenters. The maximum atomic E-state index is 12.7. The number of nitrogens with zero attached hydrogens (tertiary/aromatic N) is 4. The van der Waals surface area contributed by atoms with E-state index in [1.54, 1.807) is 17.7 Å². The van der Waals surface area contributed by atoms with Crippen LogP contribution in [0.2, 0.25) is 0 Å². The Morgan fingerprint density at radius 3 is 2.64 bits per heavy atom. The van der Waals surface area contributed by atoms with Crippen LogP contribution in [0, 0.1) is 19.8 Å². The predicted molar refractivity (Wildman–Crippen MR) is 115 cm³/mol. The number of aromatic nitrogens is 2. The quantitative estimate of drug-likeness (QED) is 0.834. The van der Waals surface area contributed by atoms with Crippen LogP contribution in [0.15, 0.2) is 6.33 Å². The molecule has 2 fully saturated rings. The molecule has 0 bridgehead atoms. The van der Waals surface area contributed by atoms with E-state index < -0.39 is 0 Å². The molecule has 28 heavy (non-hydrogen) atoms. The molecule has 4 rings (SSSR count). The molecule has 2 aromatic rings. The maximum Gasteiger partial charge on any atom is 0.223 e. The van der Waals surface area contributed by atoms with E-state index in [0.29, 0.717) is 0 Å². The average molecular weight is 402 g/mol. The topological polar surface area (TPSA) is 61.4 Å². The summed E-state index contributed by atoms with van der Waals surface area (Å²) in [6.45, 7) is 11.5. The highest BCUT2D eigenvalue weighted by Gasteiger charge is 2.28. The van der Waals surface area contributed by atoms with Crippen molar-refractivity contribution >= 4 is 33.3 Å². The summed E-state index contributed by atoms with van der Waals surface area (Å²) in [4.78, 5) is 28.9. The Morgan fingerprint density at radius 2 is 1.93 bits per heavy atom. The first-order chi connectivity index (χ1) is 13.5. The van der Waals surface area contributed by atoms with Crippen LogP contribution in [0.5, 0.6) is 0 Å². The summed E-state index contributed by atoms with van der Waals surface area (Å²) in [5.74, 6) is 1.37. The molecule has 1 N–H and O–H groups in total. The van der Waals surface area contributed by atoms with Crippen molar-refractivity contribution in [2.75, 3.05) is 37.6 Å². The van der Waals surface area contributed by atoms with Crippen LogP contribution in [0.3, 0.4) is 0 Å². The van der Waals surface area contributed by atoms with E-state index in [0.717, 1.165) is 43.1 Å². The van der Waals surface area contributed by atoms with Gasteiger partial charge in [-0.2, -0.15) is 0 Å². The summed E-state index contributed by atoms with van der Waals surface area (Å²) in [5.41, 5.74) is 1.28. The van der Waals surface area contributed by atoms with Crippen molar-refractivity contribution < 1.29 is 4.79 Å². The number of fused-ring (bicyclic) bond motifs is 1. The zero-order valence-electron chi connectivity index (χ0n) is 17.2. The van der Waals surface area contributed by atoms with Gasteiger partial charge in [0.15, 0.2) is 0 Å². The fraction of sp³-hybridized carbons (Fsp3) is 0.667. The molecule has 4 heterocycles. The Hall–Kier alpha value is -1.73. The molecule has 152 valence electrons. The second-order valence-electron chi connectivity index (χ2n) is 8.34. The normalized spacial score (nSPS) is 20.0. The third kappa shape index (κ3) is 4.01. The first kappa shape index (κ1) is 19.6. The van der Waals surface area contributed by atoms with Crippen molar-refractivity contribution in [3.8, 4) is 0 Å². The number of nitrogens with one attached hydrogen (secondary N) is 1. The third-order valence-corrected chi connectivity index (χ3v) is 7.35. The van der Waals surface area contributed by atoms with Crippen LogP contribution in [-0.2, 0) is 4.79 Å². The van der Waals surface area contributed by atoms with Gasteiger partial charge in [0.25, 0.3) is 0 Å². The van der Waals surface area contributed by atoms with Gasteiger partial charge in [0.1, 0.15) is 17.0 Å². The molecule has 1 atom stereocenters. The molecule has 0 spiro atoms. The smallest absolute Gasteiger partial charge is 0.223 e. The van der Waals surface area contributed by atoms with Crippen molar-refractivity contribution in [2.45, 2.75) is 52.5 Å². The van der Waals surface area contributed by atoms with Gasteiger partial charge in [0, 0.05) is 36.5 Å². The monoisotopic (exact) mass is 401 g/mol. The average Bonchev–Trinajstić information content (AvgIpc) is 3.30. The summed E-state index contributed by atoms with van der Waals surface area (Å²) in [7, 11) is 0. The molecule has 2 aliphatic rings. The van der Waals surface area contributed by atoms with Gasteiger partial charge in [0.05, 0.1) is 5.39 Å². The fourth-order valence-corrected chi connectivity index (χ4v) is 5.51. The number of hydrogen-bond donors (Lipinski definition) is 1. The lowest BCUT2D eigenvalue weighted by Crippen LogP contribution is -2.46. The summed E-state index contributed by atoms with van der Waals surface area (Å²) < 4.78 is 0. The van der Waals surface area contributed by atoms with Crippen molar-refractivity contribution in [1.82, 2.24) is 20.2 Å². The van der Waals surface area contributed by atoms with Gasteiger partial charge in [-0.15, -0.1) is 11.3 Å². The first-order valence-corrected chi connectivity index (χ1v) is 11.3. The van der Waals surface area contributed by atoms with E-state index in [9.17, 15) is 4.79 Å². The molecule has 2 aliphatic heterocycles. The summed E-state index contributed by atoms with van der Waals surface area (Å²) >= 11 is 1.74. The van der Waals surface area contributed by atoms with E-state index in [1.807, 2.05) is 0 Å². The second kappa shape index (κ2) is 8.33. The van der Waals surface area contributed by atoms with Crippen LogP contribution >= 0.6 is 11.3 Å². The van der Waals surface area contributed by atoms with Crippen molar-refractivity contribution in [1.29, 1.82) is 0 Å². The molecule has 0 aromatic carbocycles. The lowest BCUT2D eigenvalue weighted by molar-refractivity contribution is -0.126. The van der Waals surface area contributed by atoms with E-state index in [-0.39, 0.29) is 17.9 Å². The molecule has 0 radical (unpaired) electrons. The van der Waals surface area contributed by atoms with Crippen LogP contribution in [-0.4, -0.2) is 59.5 Å². The highest BCUT2D eigenvalue weighted by molar-refractivity contribution is 7.18. The van der Waals surface area contributed by atoms with E-state index in [2.05, 4.69) is 45.9 Å². The SMILES string of the molecule is Cc1sc2ncnc(N3CCC(C(=O)NC(C)CN4CCCC4)CC3)c2c1C. The number of piperidine rings is 1. The van der Waals surface area contributed by atoms with Crippen LogP contribution in [0.1, 0.15) is 43.0 Å². The van der Waals surface area contributed by atoms with Crippen molar-refractivity contribution in [2.24, 2.45) is 5.92 Å². The standard InChI is InChI=1S/C21H31N5OS/c1-14(12-25-8-4-5-9-25)24-20(27)17-6-10-26(11-7-17)19-18-15(2)16(3)28-21(18)23-13-22-19/h13-14,17H,4-12H2,1-3H3,(H,24,27). The minimum atomic E-state index is 0.111. The van der Waals surface area contributed by atoms with Crippen LogP contribution in [0.4, 0.5) is 5.82 Å². The Labute approximate surface area is 171 Å². The van der Waals surface area contributed by atoms with E-state index in [4.69, 9.17) is 0 Å². The fourth-order valence-electron chi connectivity index (χ4n) is 4.52. The molecule has 6 nitrogen and oxygen atoms in total. The molecular weight excluding hydrogens is 370 g/mol. The second-order valence-corrected chi connectivity index (χ2v) is 9.54. The number of anilines is 1. The number of aryl methyl sites for hydroxylation is 2. The molecule has 2 aromatic heterocycles. The number of thiophene rings is 1. The molecule has 7 heteroatoms. The van der Waals surface area contributed by atoms with Gasteiger partial charge in [-0.1, -0.05) is 0 Å². The highest BCUT2D eigenvalue weighted by atomic mass is 32.1. The largest absolute Gasteiger partial charge is 0.356 e. The van der Waals surface area contributed by atoms with Gasteiger partial charge in [-0.25, -0.2) is 9.97 Å². The summed E-state index contributed by atoms with van der Waals surface area (Å²) in [6, 6.07) is 0.224. The Kier molecular flexibility index (Phi) is 5.83. The first-order valence-electron chi connectivity index (χ1n) is 10.5. The minimum Gasteiger partial charge on any atom is -0.356 e. The summed E-state index contributed by atoms with van der Waals surface area (Å²) in [6.07, 6.45) is 6.02. The highest BCUT2D eigenvalue weighted by Crippen LogP contribution is 2.35. The lowest BCUT2D eigenvalue weighted by atomic mass is 9.95. The third-order valence-electron chi connectivity index (χ3n) is 6.23. The number of amides is 1. The number of rotatable bonds is 5. The van der Waals surface area contributed by atoms with Gasteiger partial charge in [-0.05, 0) is 65.1 Å². The van der Waals surface area contributed by atoms with Crippen LogP contribution < -0.4 is 10.2 Å². The number of carbonyl (C=O) groups excluding carboxylic acids is 1. The molecule has 0 aliphatic carbocycles. The summed E-state index contributed by atoms with van der Waals surface area (Å²) in [5, 5.41) is 4.44. The van der Waals surface area contributed by atoms with Crippen LogP contribution in [0.25, 0.3) is 10.2 Å². The van der Waals surface area contributed by atoms with Crippen molar-refractivity contribution in [3.63, 3.8) is 0 Å². The van der Waals surface area contributed by atoms with Gasteiger partial charge in [-0.3, -0.25) is 4.79 Å². The number of likely N-dealkylation sites (tertiary alicyclic amines) is 1. The zero-order valence-corrected chi connectivity index (χ0v) is 18.0. The van der Waals surface area contributed by atoms with Gasteiger partial charge >= 0.3 is 0 Å². The minimum absolute atomic E-state index is 0.111. The Morgan fingerprint density at radius 1 is 1.21 bits per heavy atom. The molecular formula is C21H31N5OS. The molecule has 1 amide bonds. The maximum absolute atomic E-state index is 12.7. The van der Waals surface area contributed by atoms with Gasteiger partial charge < -0.3 is 15.1 Å². The Bertz CT molecular complexity index is 837. The van der Waals surface area contributed by atoms with Gasteiger partial charge in [0.2, 0.25) is 5.91 Å². The van der Waals surface area contributed by atoms with E-state index in [1.165, 1.54) is 41.8 Å². The van der Waals surface area contributed by atoms with E-state index >= 15 is 0 Å². The predicted octanol–water partition coefficient (Wildman–Crippen LogP) is 3.13. The molecule has 0 saturated carbocycles. The van der Waals surface area contributed by atoms with Crippen molar-refractivity contribution in [3.05, 3.63) is 16.8 Å². The lowest BCUT2D eigenvalue weighted by Gasteiger charge is -2.33. The zero-order chi connectivity index (χ0) is 19.7. The molecule has 2 saturated heterocycles.